The fourth-order valence-corrected chi connectivity index (χ4v) is 3.33. The SMILES string of the molecule is C=CCN(CC=C)C(=O)C1CCCN(C(=O)Nc2cccs2)C1. The molecule has 0 aromatic carbocycles. The third-order valence-electron chi connectivity index (χ3n) is 3.82. The molecule has 5 nitrogen and oxygen atoms in total. The van der Waals surface area contributed by atoms with Crippen molar-refractivity contribution < 1.29 is 9.59 Å². The lowest BCUT2D eigenvalue weighted by Crippen LogP contribution is -2.48. The molecule has 0 bridgehead atoms. The first-order valence-electron chi connectivity index (χ1n) is 7.75. The largest absolute Gasteiger partial charge is 0.335 e. The van der Waals surface area contributed by atoms with Crippen LogP contribution in [0.25, 0.3) is 0 Å². The smallest absolute Gasteiger partial charge is 0.322 e. The lowest BCUT2D eigenvalue weighted by molar-refractivity contribution is -0.135. The van der Waals surface area contributed by atoms with E-state index in [2.05, 4.69) is 18.5 Å². The fraction of sp³-hybridized carbons (Fsp3) is 0.412. The van der Waals surface area contributed by atoms with Gasteiger partial charge in [0.25, 0.3) is 0 Å². The molecule has 0 spiro atoms. The number of thiophene rings is 1. The summed E-state index contributed by atoms with van der Waals surface area (Å²) in [6.07, 6.45) is 5.08. The van der Waals surface area contributed by atoms with E-state index >= 15 is 0 Å². The van der Waals surface area contributed by atoms with Crippen molar-refractivity contribution in [2.24, 2.45) is 5.92 Å². The number of amides is 3. The second-order valence-electron chi connectivity index (χ2n) is 5.51. The number of likely N-dealkylation sites (tertiary alicyclic amines) is 1. The van der Waals surface area contributed by atoms with Crippen molar-refractivity contribution in [3.8, 4) is 0 Å². The minimum atomic E-state index is -0.155. The number of nitrogens with one attached hydrogen (secondary N) is 1. The Morgan fingerprint density at radius 3 is 2.74 bits per heavy atom. The van der Waals surface area contributed by atoms with Crippen LogP contribution in [-0.4, -0.2) is 47.9 Å². The summed E-state index contributed by atoms with van der Waals surface area (Å²) in [5.74, 6) is -0.0869. The second-order valence-corrected chi connectivity index (χ2v) is 6.46. The lowest BCUT2D eigenvalue weighted by atomic mass is 9.96. The van der Waals surface area contributed by atoms with Gasteiger partial charge in [0.2, 0.25) is 5.91 Å². The molecule has 23 heavy (non-hydrogen) atoms. The van der Waals surface area contributed by atoms with Gasteiger partial charge in [0.1, 0.15) is 0 Å². The predicted octanol–water partition coefficient (Wildman–Crippen LogP) is 3.19. The van der Waals surface area contributed by atoms with Crippen LogP contribution in [0.4, 0.5) is 9.80 Å². The average Bonchev–Trinajstić information content (AvgIpc) is 3.07. The van der Waals surface area contributed by atoms with Crippen LogP contribution in [0.15, 0.2) is 42.8 Å². The Morgan fingerprint density at radius 1 is 1.39 bits per heavy atom. The number of carbonyl (C=O) groups excluding carboxylic acids is 2. The number of hydrogen-bond acceptors (Lipinski definition) is 3. The Balaban J connectivity index is 1.96. The van der Waals surface area contributed by atoms with Crippen LogP contribution < -0.4 is 5.32 Å². The Kier molecular flexibility index (Phi) is 6.40. The molecule has 3 amide bonds. The highest BCUT2D eigenvalue weighted by molar-refractivity contribution is 7.14. The van der Waals surface area contributed by atoms with Crippen molar-refractivity contribution in [3.05, 3.63) is 42.8 Å². The molecule has 0 saturated carbocycles. The number of anilines is 1. The van der Waals surface area contributed by atoms with Gasteiger partial charge in [-0.15, -0.1) is 24.5 Å². The number of nitrogens with zero attached hydrogens (tertiary/aromatic N) is 2. The number of carbonyl (C=O) groups is 2. The van der Waals surface area contributed by atoms with E-state index in [1.165, 1.54) is 11.3 Å². The van der Waals surface area contributed by atoms with E-state index in [1.807, 2.05) is 17.5 Å². The minimum Gasteiger partial charge on any atom is -0.335 e. The number of hydrogen-bond donors (Lipinski definition) is 1. The second kappa shape index (κ2) is 8.53. The van der Waals surface area contributed by atoms with E-state index in [0.29, 0.717) is 26.2 Å². The van der Waals surface area contributed by atoms with Gasteiger partial charge in [-0.3, -0.25) is 10.1 Å². The third-order valence-corrected chi connectivity index (χ3v) is 4.61. The van der Waals surface area contributed by atoms with E-state index in [0.717, 1.165) is 17.8 Å². The molecule has 1 atom stereocenters. The summed E-state index contributed by atoms with van der Waals surface area (Å²) in [7, 11) is 0. The Bertz CT molecular complexity index is 546. The standard InChI is InChI=1S/C17H23N3O2S/c1-3-9-19(10-4-2)16(21)14-7-5-11-20(13-14)17(22)18-15-8-6-12-23-15/h3-4,6,8,12,14H,1-2,5,7,9-11,13H2,(H,18,22). The average molecular weight is 333 g/mol. The molecule has 1 N–H and O–H groups in total. The Morgan fingerprint density at radius 2 is 2.13 bits per heavy atom. The van der Waals surface area contributed by atoms with Crippen molar-refractivity contribution in [2.75, 3.05) is 31.5 Å². The van der Waals surface area contributed by atoms with Crippen LogP contribution in [0.2, 0.25) is 0 Å². The van der Waals surface area contributed by atoms with E-state index in [-0.39, 0.29) is 17.9 Å². The van der Waals surface area contributed by atoms with Gasteiger partial charge in [-0.2, -0.15) is 0 Å². The molecule has 124 valence electrons. The quantitative estimate of drug-likeness (QED) is 0.813. The summed E-state index contributed by atoms with van der Waals surface area (Å²) in [4.78, 5) is 28.4. The molecular formula is C17H23N3O2S. The molecule has 6 heteroatoms. The number of urea groups is 1. The molecular weight excluding hydrogens is 310 g/mol. The number of piperidine rings is 1. The summed E-state index contributed by atoms with van der Waals surface area (Å²) < 4.78 is 0. The van der Waals surface area contributed by atoms with Gasteiger partial charge < -0.3 is 9.80 Å². The van der Waals surface area contributed by atoms with Crippen LogP contribution in [0.3, 0.4) is 0 Å². The van der Waals surface area contributed by atoms with E-state index < -0.39 is 0 Å². The summed E-state index contributed by atoms with van der Waals surface area (Å²) in [5, 5.41) is 5.62. The summed E-state index contributed by atoms with van der Waals surface area (Å²) in [5.41, 5.74) is 0. The minimum absolute atomic E-state index is 0.0680. The first kappa shape index (κ1) is 17.3. The van der Waals surface area contributed by atoms with E-state index in [4.69, 9.17) is 0 Å². The molecule has 1 aromatic rings. The molecule has 1 aliphatic heterocycles. The van der Waals surface area contributed by atoms with Crippen LogP contribution >= 0.6 is 11.3 Å². The molecule has 1 unspecified atom stereocenters. The first-order chi connectivity index (χ1) is 11.2. The predicted molar refractivity (Wildman–Crippen MR) is 94.6 cm³/mol. The zero-order chi connectivity index (χ0) is 16.7. The molecule has 1 aliphatic rings. The first-order valence-corrected chi connectivity index (χ1v) is 8.63. The van der Waals surface area contributed by atoms with E-state index in [9.17, 15) is 9.59 Å². The summed E-state index contributed by atoms with van der Waals surface area (Å²) in [6, 6.07) is 3.62. The van der Waals surface area contributed by atoms with Crippen molar-refractivity contribution in [2.45, 2.75) is 12.8 Å². The van der Waals surface area contributed by atoms with Gasteiger partial charge in [-0.25, -0.2) is 4.79 Å². The van der Waals surface area contributed by atoms with Crippen LogP contribution in [-0.2, 0) is 4.79 Å². The van der Waals surface area contributed by atoms with Crippen molar-refractivity contribution in [3.63, 3.8) is 0 Å². The Labute approximate surface area is 141 Å². The molecule has 0 aliphatic carbocycles. The molecule has 2 rings (SSSR count). The van der Waals surface area contributed by atoms with Crippen molar-refractivity contribution in [1.29, 1.82) is 0 Å². The van der Waals surface area contributed by atoms with Gasteiger partial charge in [0, 0.05) is 26.2 Å². The molecule has 0 radical (unpaired) electrons. The molecule has 1 aromatic heterocycles. The molecule has 1 saturated heterocycles. The third kappa shape index (κ3) is 4.69. The highest BCUT2D eigenvalue weighted by Gasteiger charge is 2.30. The van der Waals surface area contributed by atoms with Crippen molar-refractivity contribution >= 4 is 28.3 Å². The van der Waals surface area contributed by atoms with Gasteiger partial charge in [-0.1, -0.05) is 12.2 Å². The zero-order valence-electron chi connectivity index (χ0n) is 13.2. The fourth-order valence-electron chi connectivity index (χ4n) is 2.72. The van der Waals surface area contributed by atoms with Crippen LogP contribution in [0, 0.1) is 5.92 Å². The monoisotopic (exact) mass is 333 g/mol. The van der Waals surface area contributed by atoms with Crippen LogP contribution in [0.1, 0.15) is 12.8 Å². The van der Waals surface area contributed by atoms with E-state index in [1.54, 1.807) is 22.0 Å². The maximum absolute atomic E-state index is 12.6. The van der Waals surface area contributed by atoms with Gasteiger partial charge in [-0.05, 0) is 30.4 Å². The summed E-state index contributed by atoms with van der Waals surface area (Å²) >= 11 is 1.48. The topological polar surface area (TPSA) is 52.7 Å². The Hall–Kier alpha value is -2.08. The zero-order valence-corrected chi connectivity index (χ0v) is 14.1. The maximum atomic E-state index is 12.6. The molecule has 2 heterocycles. The highest BCUT2D eigenvalue weighted by atomic mass is 32.1. The van der Waals surface area contributed by atoms with Crippen molar-refractivity contribution in [1.82, 2.24) is 9.80 Å². The summed E-state index contributed by atoms with van der Waals surface area (Å²) in [6.45, 7) is 9.54. The lowest BCUT2D eigenvalue weighted by Gasteiger charge is -2.34. The molecule has 1 fully saturated rings. The van der Waals surface area contributed by atoms with Gasteiger partial charge in [0.15, 0.2) is 0 Å². The van der Waals surface area contributed by atoms with Crippen LogP contribution in [0.5, 0.6) is 0 Å². The van der Waals surface area contributed by atoms with Gasteiger partial charge in [0.05, 0.1) is 10.9 Å². The maximum Gasteiger partial charge on any atom is 0.322 e. The normalized spacial score (nSPS) is 17.4. The number of rotatable bonds is 6. The van der Waals surface area contributed by atoms with Gasteiger partial charge >= 0.3 is 6.03 Å². The highest BCUT2D eigenvalue weighted by Crippen LogP contribution is 2.21.